The van der Waals surface area contributed by atoms with Gasteiger partial charge in [-0.25, -0.2) is 4.79 Å². The van der Waals surface area contributed by atoms with Crippen LogP contribution in [0.1, 0.15) is 26.7 Å². The number of aliphatic carboxylic acids is 1. The van der Waals surface area contributed by atoms with E-state index in [0.717, 1.165) is 0 Å². The Labute approximate surface area is 128 Å². The van der Waals surface area contributed by atoms with Crippen molar-refractivity contribution in [3.63, 3.8) is 0 Å². The number of urea groups is 1. The zero-order valence-electron chi connectivity index (χ0n) is 12.7. The lowest BCUT2D eigenvalue weighted by Gasteiger charge is -2.16. The number of carbonyl (C=O) groups is 3. The highest BCUT2D eigenvalue weighted by Gasteiger charge is 2.25. The van der Waals surface area contributed by atoms with E-state index < -0.39 is 29.9 Å². The molecule has 1 aliphatic rings. The van der Waals surface area contributed by atoms with Crippen LogP contribution < -0.4 is 16.4 Å². The van der Waals surface area contributed by atoms with E-state index in [9.17, 15) is 14.4 Å². The zero-order chi connectivity index (χ0) is 16.7. The van der Waals surface area contributed by atoms with Gasteiger partial charge in [-0.3, -0.25) is 9.59 Å². The lowest BCUT2D eigenvalue weighted by atomic mass is 9.97. The van der Waals surface area contributed by atoms with Crippen molar-refractivity contribution >= 4 is 23.6 Å². The SMILES string of the molecule is CC(C)CC(CNC(=O)NCC1CC(C(N)=O)=NO1)C(=O)O. The maximum absolute atomic E-state index is 11.6. The van der Waals surface area contributed by atoms with E-state index in [0.29, 0.717) is 6.42 Å². The second-order valence-corrected chi connectivity index (χ2v) is 5.59. The van der Waals surface area contributed by atoms with Gasteiger partial charge in [0.05, 0.1) is 12.5 Å². The van der Waals surface area contributed by atoms with Crippen LogP contribution in [-0.2, 0) is 14.4 Å². The molecule has 0 aliphatic carbocycles. The molecule has 0 spiro atoms. The molecule has 0 radical (unpaired) electrons. The summed E-state index contributed by atoms with van der Waals surface area (Å²) < 4.78 is 0. The number of nitrogens with zero attached hydrogens (tertiary/aromatic N) is 1. The van der Waals surface area contributed by atoms with Crippen molar-refractivity contribution in [3.05, 3.63) is 0 Å². The summed E-state index contributed by atoms with van der Waals surface area (Å²) in [6.45, 7) is 4.04. The highest BCUT2D eigenvalue weighted by atomic mass is 16.6. The van der Waals surface area contributed by atoms with Crippen LogP contribution >= 0.6 is 0 Å². The monoisotopic (exact) mass is 314 g/mol. The van der Waals surface area contributed by atoms with Crippen LogP contribution in [0.25, 0.3) is 0 Å². The van der Waals surface area contributed by atoms with E-state index in [1.165, 1.54) is 0 Å². The number of carboxylic acids is 1. The van der Waals surface area contributed by atoms with Gasteiger partial charge in [0, 0.05) is 13.0 Å². The smallest absolute Gasteiger partial charge is 0.314 e. The first-order chi connectivity index (χ1) is 10.3. The van der Waals surface area contributed by atoms with Crippen molar-refractivity contribution in [2.24, 2.45) is 22.7 Å². The van der Waals surface area contributed by atoms with Crippen LogP contribution in [0.2, 0.25) is 0 Å². The van der Waals surface area contributed by atoms with Gasteiger partial charge in [-0.15, -0.1) is 0 Å². The van der Waals surface area contributed by atoms with Crippen LogP contribution in [0.5, 0.6) is 0 Å². The van der Waals surface area contributed by atoms with Crippen LogP contribution in [0.3, 0.4) is 0 Å². The number of nitrogens with two attached hydrogens (primary N) is 1. The van der Waals surface area contributed by atoms with Gasteiger partial charge in [-0.05, 0) is 12.3 Å². The van der Waals surface area contributed by atoms with Gasteiger partial charge in [0.1, 0.15) is 5.71 Å². The Balaban J connectivity index is 2.26. The number of rotatable bonds is 8. The fourth-order valence-corrected chi connectivity index (χ4v) is 2.01. The van der Waals surface area contributed by atoms with E-state index in [1.807, 2.05) is 13.8 Å². The Kier molecular flexibility index (Phi) is 6.61. The Morgan fingerprint density at radius 1 is 1.41 bits per heavy atom. The molecule has 124 valence electrons. The fourth-order valence-electron chi connectivity index (χ4n) is 2.01. The molecule has 22 heavy (non-hydrogen) atoms. The Morgan fingerprint density at radius 2 is 2.09 bits per heavy atom. The molecule has 3 amide bonds. The lowest BCUT2D eigenvalue weighted by Crippen LogP contribution is -2.43. The quantitative estimate of drug-likeness (QED) is 0.485. The molecule has 2 atom stereocenters. The predicted molar refractivity (Wildman–Crippen MR) is 78.1 cm³/mol. The zero-order valence-corrected chi connectivity index (χ0v) is 12.7. The van der Waals surface area contributed by atoms with Crippen LogP contribution in [-0.4, -0.2) is 47.9 Å². The standard InChI is InChI=1S/C13H22N4O5/c1-7(2)3-8(12(19)20)5-15-13(21)16-6-9-4-10(11(14)18)17-22-9/h7-9H,3-6H2,1-2H3,(H2,14,18)(H,19,20)(H2,15,16,21). The highest BCUT2D eigenvalue weighted by Crippen LogP contribution is 2.11. The molecule has 0 saturated heterocycles. The summed E-state index contributed by atoms with van der Waals surface area (Å²) in [4.78, 5) is 38.5. The maximum atomic E-state index is 11.6. The average Bonchev–Trinajstić information content (AvgIpc) is 2.89. The minimum Gasteiger partial charge on any atom is -0.481 e. The number of hydrogen-bond donors (Lipinski definition) is 4. The van der Waals surface area contributed by atoms with Crippen LogP contribution in [0, 0.1) is 11.8 Å². The van der Waals surface area contributed by atoms with E-state index in [1.54, 1.807) is 0 Å². The van der Waals surface area contributed by atoms with E-state index in [2.05, 4.69) is 15.8 Å². The summed E-state index contributed by atoms with van der Waals surface area (Å²) in [7, 11) is 0. The molecule has 9 nitrogen and oxygen atoms in total. The van der Waals surface area contributed by atoms with Gasteiger partial charge < -0.3 is 26.3 Å². The molecule has 0 aromatic heterocycles. The summed E-state index contributed by atoms with van der Waals surface area (Å²) in [6, 6.07) is -0.494. The number of carboxylic acid groups (broad SMARTS) is 1. The third-order valence-corrected chi connectivity index (χ3v) is 3.12. The number of amides is 3. The number of primary amides is 1. The first kappa shape index (κ1) is 17.7. The number of oxime groups is 1. The van der Waals surface area contributed by atoms with Crippen molar-refractivity contribution in [3.8, 4) is 0 Å². The van der Waals surface area contributed by atoms with Gasteiger partial charge >= 0.3 is 12.0 Å². The van der Waals surface area contributed by atoms with Crippen molar-refractivity contribution in [1.29, 1.82) is 0 Å². The van der Waals surface area contributed by atoms with E-state index >= 15 is 0 Å². The third-order valence-electron chi connectivity index (χ3n) is 3.12. The Hall–Kier alpha value is -2.32. The van der Waals surface area contributed by atoms with E-state index in [4.69, 9.17) is 15.7 Å². The minimum atomic E-state index is -0.937. The van der Waals surface area contributed by atoms with Gasteiger partial charge in [0.25, 0.3) is 5.91 Å². The topological polar surface area (TPSA) is 143 Å². The van der Waals surface area contributed by atoms with Crippen LogP contribution in [0.4, 0.5) is 4.79 Å². The molecule has 0 aromatic carbocycles. The summed E-state index contributed by atoms with van der Waals surface area (Å²) in [5.41, 5.74) is 5.19. The number of carbonyl (C=O) groups excluding carboxylic acids is 2. The van der Waals surface area contributed by atoms with Gasteiger partial charge in [0.2, 0.25) is 0 Å². The Bertz CT molecular complexity index is 463. The summed E-state index contributed by atoms with van der Waals surface area (Å²) in [5, 5.41) is 17.6. The van der Waals surface area contributed by atoms with Crippen molar-refractivity contribution in [2.45, 2.75) is 32.8 Å². The maximum Gasteiger partial charge on any atom is 0.314 e. The molecule has 0 fully saturated rings. The Morgan fingerprint density at radius 3 is 2.59 bits per heavy atom. The molecule has 0 aromatic rings. The molecule has 1 heterocycles. The fraction of sp³-hybridized carbons (Fsp3) is 0.692. The van der Waals surface area contributed by atoms with Gasteiger partial charge in [-0.2, -0.15) is 0 Å². The number of hydrogen-bond acceptors (Lipinski definition) is 5. The molecule has 9 heteroatoms. The molecule has 1 aliphatic heterocycles. The molecule has 0 saturated carbocycles. The molecule has 1 rings (SSSR count). The first-order valence-electron chi connectivity index (χ1n) is 7.06. The van der Waals surface area contributed by atoms with Gasteiger partial charge in [-0.1, -0.05) is 19.0 Å². The van der Waals surface area contributed by atoms with Crippen molar-refractivity contribution < 1.29 is 24.3 Å². The second-order valence-electron chi connectivity index (χ2n) is 5.59. The molecular weight excluding hydrogens is 292 g/mol. The summed E-state index contributed by atoms with van der Waals surface area (Å²) >= 11 is 0. The second kappa shape index (κ2) is 8.20. The molecule has 5 N–H and O–H groups in total. The van der Waals surface area contributed by atoms with Crippen molar-refractivity contribution in [2.75, 3.05) is 13.1 Å². The largest absolute Gasteiger partial charge is 0.481 e. The van der Waals surface area contributed by atoms with Crippen molar-refractivity contribution in [1.82, 2.24) is 10.6 Å². The normalized spacial score (nSPS) is 18.3. The lowest BCUT2D eigenvalue weighted by molar-refractivity contribution is -0.142. The molecule has 2 unspecified atom stereocenters. The number of nitrogens with one attached hydrogen (secondary N) is 2. The predicted octanol–water partition coefficient (Wildman–Crippen LogP) is -0.337. The molecule has 0 bridgehead atoms. The van der Waals surface area contributed by atoms with Crippen LogP contribution in [0.15, 0.2) is 5.16 Å². The average molecular weight is 314 g/mol. The van der Waals surface area contributed by atoms with Gasteiger partial charge in [0.15, 0.2) is 6.10 Å². The third kappa shape index (κ3) is 5.98. The molecular formula is C13H22N4O5. The highest BCUT2D eigenvalue weighted by molar-refractivity contribution is 6.38. The van der Waals surface area contributed by atoms with E-state index in [-0.39, 0.29) is 31.1 Å². The first-order valence-corrected chi connectivity index (χ1v) is 7.06. The summed E-state index contributed by atoms with van der Waals surface area (Å²) in [6.07, 6.45) is 0.275. The summed E-state index contributed by atoms with van der Waals surface area (Å²) in [5.74, 6) is -1.99. The minimum absolute atomic E-state index is 0.0495.